The second-order valence-corrected chi connectivity index (χ2v) is 8.69. The van der Waals surface area contributed by atoms with Crippen molar-refractivity contribution in [1.82, 2.24) is 4.67 Å². The zero-order valence-corrected chi connectivity index (χ0v) is 15.6. The lowest BCUT2D eigenvalue weighted by molar-refractivity contribution is 0.522. The van der Waals surface area contributed by atoms with Crippen LogP contribution in [-0.4, -0.2) is 23.5 Å². The van der Waals surface area contributed by atoms with Gasteiger partial charge in [0, 0.05) is 30.2 Å². The minimum atomic E-state index is 0.502. The quantitative estimate of drug-likeness (QED) is 0.261. The van der Waals surface area contributed by atoms with Gasteiger partial charge in [-0.1, -0.05) is 64.7 Å². The van der Waals surface area contributed by atoms with Crippen LogP contribution in [0, 0.1) is 0 Å². The highest BCUT2D eigenvalue weighted by Crippen LogP contribution is 2.33. The molecule has 0 fully saturated rings. The van der Waals surface area contributed by atoms with E-state index in [9.17, 15) is 0 Å². The van der Waals surface area contributed by atoms with Crippen molar-refractivity contribution >= 4 is 19.3 Å². The molecule has 0 bridgehead atoms. The van der Waals surface area contributed by atoms with Crippen molar-refractivity contribution in [2.75, 3.05) is 18.8 Å². The Labute approximate surface area is 128 Å². The summed E-state index contributed by atoms with van der Waals surface area (Å²) in [7, 11) is 0.502. The SMILES string of the molecule is CCCCCCCCCCCCS[PH2+]N(CC)CC. The van der Waals surface area contributed by atoms with Gasteiger partial charge in [-0.25, -0.2) is 0 Å². The molecule has 0 saturated carbocycles. The molecule has 116 valence electrons. The summed E-state index contributed by atoms with van der Waals surface area (Å²) < 4.78 is 2.58. The van der Waals surface area contributed by atoms with Crippen LogP contribution in [0.5, 0.6) is 0 Å². The molecule has 1 atom stereocenters. The molecule has 0 aliphatic rings. The summed E-state index contributed by atoms with van der Waals surface area (Å²) in [6.07, 6.45) is 14.5. The first-order chi connectivity index (χ1) is 9.35. The fraction of sp³-hybridized carbons (Fsp3) is 1.00. The summed E-state index contributed by atoms with van der Waals surface area (Å²) in [6, 6.07) is 0. The number of hydrogen-bond donors (Lipinski definition) is 0. The van der Waals surface area contributed by atoms with Crippen LogP contribution in [0.3, 0.4) is 0 Å². The van der Waals surface area contributed by atoms with Gasteiger partial charge in [-0.2, -0.15) is 4.67 Å². The lowest BCUT2D eigenvalue weighted by atomic mass is 10.1. The topological polar surface area (TPSA) is 3.24 Å². The van der Waals surface area contributed by atoms with E-state index < -0.39 is 0 Å². The third kappa shape index (κ3) is 15.0. The minimum absolute atomic E-state index is 0.502. The Bertz CT molecular complexity index is 163. The van der Waals surface area contributed by atoms with Crippen LogP contribution >= 0.6 is 19.3 Å². The largest absolute Gasteiger partial charge is 0.174 e. The first kappa shape index (κ1) is 19.7. The highest BCUT2D eigenvalue weighted by Gasteiger charge is 2.05. The molecular formula is C16H37NPS+. The van der Waals surface area contributed by atoms with Crippen molar-refractivity contribution in [2.45, 2.75) is 85.0 Å². The van der Waals surface area contributed by atoms with Gasteiger partial charge in [0.25, 0.3) is 0 Å². The molecule has 1 unspecified atom stereocenters. The van der Waals surface area contributed by atoms with Gasteiger partial charge < -0.3 is 0 Å². The molecular weight excluding hydrogens is 269 g/mol. The lowest BCUT2D eigenvalue weighted by Gasteiger charge is -2.09. The van der Waals surface area contributed by atoms with Gasteiger partial charge in [0.2, 0.25) is 0 Å². The second-order valence-electron chi connectivity index (χ2n) is 5.38. The summed E-state index contributed by atoms with van der Waals surface area (Å²) in [5.41, 5.74) is 0. The van der Waals surface area contributed by atoms with E-state index in [1.807, 2.05) is 0 Å². The van der Waals surface area contributed by atoms with E-state index in [0.29, 0.717) is 7.93 Å². The normalized spacial score (nSPS) is 12.0. The van der Waals surface area contributed by atoms with Gasteiger partial charge in [-0.15, -0.1) is 0 Å². The molecule has 0 amide bonds. The summed E-state index contributed by atoms with van der Waals surface area (Å²) in [5.74, 6) is 1.39. The van der Waals surface area contributed by atoms with E-state index in [1.165, 1.54) is 83.1 Å². The van der Waals surface area contributed by atoms with Gasteiger partial charge in [0.15, 0.2) is 0 Å². The second kappa shape index (κ2) is 16.8. The van der Waals surface area contributed by atoms with Gasteiger partial charge in [-0.3, -0.25) is 0 Å². The van der Waals surface area contributed by atoms with Crippen molar-refractivity contribution in [1.29, 1.82) is 0 Å². The minimum Gasteiger partial charge on any atom is -0.174 e. The Balaban J connectivity index is 3.02. The molecule has 0 aromatic heterocycles. The van der Waals surface area contributed by atoms with Crippen molar-refractivity contribution in [3.05, 3.63) is 0 Å². The Morgan fingerprint density at radius 3 is 1.63 bits per heavy atom. The van der Waals surface area contributed by atoms with Gasteiger partial charge in [0.1, 0.15) is 7.93 Å². The van der Waals surface area contributed by atoms with Crippen molar-refractivity contribution in [3.63, 3.8) is 0 Å². The number of hydrogen-bond acceptors (Lipinski definition) is 2. The molecule has 0 spiro atoms. The molecule has 0 aliphatic carbocycles. The van der Waals surface area contributed by atoms with Gasteiger partial charge >= 0.3 is 0 Å². The summed E-state index contributed by atoms with van der Waals surface area (Å²) in [4.78, 5) is 0. The standard InChI is InChI=1S/C16H36NPS/c1-4-7-8-9-10-11-12-13-14-15-16-19-18-17(5-2)6-3/h18H,4-16H2,1-3H3/p+1. The number of nitrogens with zero attached hydrogens (tertiary/aromatic N) is 1. The molecule has 0 saturated heterocycles. The average Bonchev–Trinajstić information content (AvgIpc) is 2.44. The van der Waals surface area contributed by atoms with E-state index in [-0.39, 0.29) is 0 Å². The molecule has 0 rings (SSSR count). The highest BCUT2D eigenvalue weighted by molar-refractivity contribution is 8.48. The van der Waals surface area contributed by atoms with Crippen LogP contribution in [0.15, 0.2) is 0 Å². The van der Waals surface area contributed by atoms with E-state index in [2.05, 4.69) is 36.8 Å². The third-order valence-corrected chi connectivity index (χ3v) is 7.40. The Morgan fingerprint density at radius 2 is 1.16 bits per heavy atom. The van der Waals surface area contributed by atoms with Gasteiger partial charge in [-0.05, 0) is 20.3 Å². The van der Waals surface area contributed by atoms with Crippen LogP contribution in [0.1, 0.15) is 85.0 Å². The molecule has 0 heterocycles. The molecule has 0 aromatic rings. The zero-order chi connectivity index (χ0) is 14.2. The molecule has 0 N–H and O–H groups in total. The molecule has 0 aliphatic heterocycles. The summed E-state index contributed by atoms with van der Waals surface area (Å²) >= 11 is 2.20. The smallest absolute Gasteiger partial charge is 0.116 e. The monoisotopic (exact) mass is 306 g/mol. The predicted molar refractivity (Wildman–Crippen MR) is 96.9 cm³/mol. The van der Waals surface area contributed by atoms with E-state index in [1.54, 1.807) is 0 Å². The van der Waals surface area contributed by atoms with E-state index in [0.717, 1.165) is 0 Å². The fourth-order valence-corrected chi connectivity index (χ4v) is 5.53. The lowest BCUT2D eigenvalue weighted by Crippen LogP contribution is -2.10. The zero-order valence-electron chi connectivity index (χ0n) is 13.6. The fourth-order valence-electron chi connectivity index (χ4n) is 2.20. The maximum atomic E-state index is 2.58. The third-order valence-electron chi connectivity index (χ3n) is 3.65. The van der Waals surface area contributed by atoms with Crippen molar-refractivity contribution in [2.24, 2.45) is 0 Å². The van der Waals surface area contributed by atoms with Crippen LogP contribution in [0.25, 0.3) is 0 Å². The Morgan fingerprint density at radius 1 is 0.684 bits per heavy atom. The highest BCUT2D eigenvalue weighted by atomic mass is 32.7. The van der Waals surface area contributed by atoms with Gasteiger partial charge in [0.05, 0.1) is 0 Å². The Kier molecular flexibility index (Phi) is 17.4. The van der Waals surface area contributed by atoms with Crippen LogP contribution in [-0.2, 0) is 0 Å². The molecule has 3 heteroatoms. The number of rotatable bonds is 15. The molecule has 1 nitrogen and oxygen atoms in total. The first-order valence-electron chi connectivity index (χ1n) is 8.54. The Hall–Kier alpha value is 0.740. The average molecular weight is 307 g/mol. The predicted octanol–water partition coefficient (Wildman–Crippen LogP) is 6.22. The first-order valence-corrected chi connectivity index (χ1v) is 11.5. The van der Waals surface area contributed by atoms with Crippen LogP contribution in [0.4, 0.5) is 0 Å². The van der Waals surface area contributed by atoms with Crippen LogP contribution in [0.2, 0.25) is 0 Å². The molecule has 0 aromatic carbocycles. The number of unbranched alkanes of at least 4 members (excludes halogenated alkanes) is 9. The molecule has 19 heavy (non-hydrogen) atoms. The van der Waals surface area contributed by atoms with E-state index in [4.69, 9.17) is 0 Å². The maximum absolute atomic E-state index is 2.58. The van der Waals surface area contributed by atoms with Crippen molar-refractivity contribution in [3.8, 4) is 0 Å². The molecule has 0 radical (unpaired) electrons. The van der Waals surface area contributed by atoms with E-state index >= 15 is 0 Å². The van der Waals surface area contributed by atoms with Crippen molar-refractivity contribution < 1.29 is 0 Å². The van der Waals surface area contributed by atoms with Crippen LogP contribution < -0.4 is 0 Å². The summed E-state index contributed by atoms with van der Waals surface area (Å²) in [6.45, 7) is 9.31. The maximum Gasteiger partial charge on any atom is 0.116 e. The summed E-state index contributed by atoms with van der Waals surface area (Å²) in [5, 5.41) is 0.